The first-order chi connectivity index (χ1) is 12.1. The first-order valence-corrected chi connectivity index (χ1v) is 9.25. The summed E-state index contributed by atoms with van der Waals surface area (Å²) < 4.78 is 0. The summed E-state index contributed by atoms with van der Waals surface area (Å²) in [7, 11) is 0. The van der Waals surface area contributed by atoms with Crippen molar-refractivity contribution >= 4 is 35.3 Å². The van der Waals surface area contributed by atoms with E-state index in [0.29, 0.717) is 16.3 Å². The highest BCUT2D eigenvalue weighted by molar-refractivity contribution is 7.13. The highest BCUT2D eigenvalue weighted by Gasteiger charge is 2.39. The minimum Gasteiger partial charge on any atom is -0.330 e. The van der Waals surface area contributed by atoms with E-state index in [1.165, 1.54) is 23.5 Å². The molecule has 138 valence electrons. The normalized spacial score (nSPS) is 21.8. The fourth-order valence-electron chi connectivity index (χ4n) is 3.70. The quantitative estimate of drug-likeness (QED) is 0.638. The Balaban J connectivity index is 0.00000196. The number of aromatic nitrogens is 1. The summed E-state index contributed by atoms with van der Waals surface area (Å²) in [5.74, 6) is -0.0240. The fraction of sp³-hybridized carbons (Fsp3) is 0.412. The van der Waals surface area contributed by atoms with Gasteiger partial charge in [0.25, 0.3) is 11.6 Å². The molecular formula is C17H19ClN4O3S. The van der Waals surface area contributed by atoms with Crippen LogP contribution >= 0.6 is 23.7 Å². The van der Waals surface area contributed by atoms with E-state index >= 15 is 0 Å². The molecule has 2 bridgehead atoms. The number of fused-ring (bicyclic) bond motifs is 2. The van der Waals surface area contributed by atoms with E-state index in [9.17, 15) is 14.9 Å². The molecule has 9 heteroatoms. The number of nitrogens with one attached hydrogen (secondary N) is 1. The van der Waals surface area contributed by atoms with Crippen LogP contribution in [-0.4, -0.2) is 45.9 Å². The van der Waals surface area contributed by atoms with Crippen molar-refractivity contribution in [1.29, 1.82) is 0 Å². The summed E-state index contributed by atoms with van der Waals surface area (Å²) in [5.41, 5.74) is 1.13. The van der Waals surface area contributed by atoms with Crippen LogP contribution < -0.4 is 5.32 Å². The topological polar surface area (TPSA) is 88.4 Å². The zero-order chi connectivity index (χ0) is 17.4. The average molecular weight is 395 g/mol. The van der Waals surface area contributed by atoms with Crippen LogP contribution in [0, 0.1) is 10.1 Å². The molecule has 2 unspecified atom stereocenters. The van der Waals surface area contributed by atoms with Gasteiger partial charge < -0.3 is 10.2 Å². The first kappa shape index (κ1) is 18.8. The molecule has 1 aromatic carbocycles. The van der Waals surface area contributed by atoms with Crippen molar-refractivity contribution in [3.63, 3.8) is 0 Å². The monoisotopic (exact) mass is 394 g/mol. The summed E-state index contributed by atoms with van der Waals surface area (Å²) in [4.78, 5) is 29.9. The smallest absolute Gasteiger partial charge is 0.273 e. The lowest BCUT2D eigenvalue weighted by molar-refractivity contribution is -0.384. The largest absolute Gasteiger partial charge is 0.330 e. The molecule has 0 saturated carbocycles. The lowest BCUT2D eigenvalue weighted by Gasteiger charge is -2.27. The van der Waals surface area contributed by atoms with E-state index in [-0.39, 0.29) is 36.1 Å². The highest BCUT2D eigenvalue weighted by atomic mass is 35.5. The molecular weight excluding hydrogens is 376 g/mol. The molecule has 1 N–H and O–H groups in total. The molecule has 26 heavy (non-hydrogen) atoms. The molecule has 0 radical (unpaired) electrons. The molecule has 1 amide bonds. The van der Waals surface area contributed by atoms with Gasteiger partial charge in [-0.1, -0.05) is 12.1 Å². The Hall–Kier alpha value is -2.03. The highest BCUT2D eigenvalue weighted by Crippen LogP contribution is 2.32. The standard InChI is InChI=1S/C17H18N4O3S.ClH/c22-17(20-12-4-5-14(20)9-18-7-6-12)15-10-25-16(19-15)11-2-1-3-13(8-11)21(23)24;/h1-3,8,10,12,14,18H,4-7,9H2;1H. The van der Waals surface area contributed by atoms with Gasteiger partial charge in [-0.2, -0.15) is 0 Å². The second-order valence-corrected chi connectivity index (χ2v) is 7.29. The van der Waals surface area contributed by atoms with E-state index in [1.54, 1.807) is 17.5 Å². The SMILES string of the molecule is Cl.O=C(c1csc(-c2cccc([N+](=O)[O-])c2)n1)N1C2CCNCC1CC2. The molecule has 2 aliphatic rings. The molecule has 0 aliphatic carbocycles. The summed E-state index contributed by atoms with van der Waals surface area (Å²) in [6, 6.07) is 6.88. The van der Waals surface area contributed by atoms with Gasteiger partial charge in [0.15, 0.2) is 0 Å². The lowest BCUT2D eigenvalue weighted by Crippen LogP contribution is -2.42. The Bertz CT molecular complexity index is 814. The number of carbonyl (C=O) groups excluding carboxylic acids is 1. The third-order valence-corrected chi connectivity index (χ3v) is 5.81. The molecule has 2 aliphatic heterocycles. The number of thiazole rings is 1. The van der Waals surface area contributed by atoms with E-state index in [1.807, 2.05) is 4.90 Å². The third-order valence-electron chi connectivity index (χ3n) is 4.92. The van der Waals surface area contributed by atoms with Crippen molar-refractivity contribution in [3.05, 3.63) is 45.5 Å². The maximum atomic E-state index is 13.0. The second kappa shape index (κ2) is 7.69. The Kier molecular flexibility index (Phi) is 5.55. The Labute approximate surface area is 161 Å². The molecule has 7 nitrogen and oxygen atoms in total. The Morgan fingerprint density at radius 3 is 2.92 bits per heavy atom. The summed E-state index contributed by atoms with van der Waals surface area (Å²) in [6.45, 7) is 1.78. The van der Waals surface area contributed by atoms with E-state index in [0.717, 1.165) is 32.4 Å². The van der Waals surface area contributed by atoms with Gasteiger partial charge in [0.05, 0.1) is 4.92 Å². The van der Waals surface area contributed by atoms with Crippen molar-refractivity contribution < 1.29 is 9.72 Å². The van der Waals surface area contributed by atoms with Crippen LogP contribution in [0.5, 0.6) is 0 Å². The van der Waals surface area contributed by atoms with Crippen LogP contribution in [0.2, 0.25) is 0 Å². The molecule has 4 rings (SSSR count). The number of rotatable bonds is 3. The van der Waals surface area contributed by atoms with Gasteiger partial charge >= 0.3 is 0 Å². The number of nitro benzene ring substituents is 1. The van der Waals surface area contributed by atoms with Crippen LogP contribution in [-0.2, 0) is 0 Å². The molecule has 3 heterocycles. The summed E-state index contributed by atoms with van der Waals surface area (Å²) in [6.07, 6.45) is 3.06. The van der Waals surface area contributed by atoms with E-state index in [2.05, 4.69) is 10.3 Å². The number of hydrogen-bond acceptors (Lipinski definition) is 6. The molecule has 2 saturated heterocycles. The van der Waals surface area contributed by atoms with Crippen molar-refractivity contribution in [2.75, 3.05) is 13.1 Å². The maximum absolute atomic E-state index is 13.0. The van der Waals surface area contributed by atoms with Crippen LogP contribution in [0.15, 0.2) is 29.6 Å². The molecule has 2 aromatic rings. The maximum Gasteiger partial charge on any atom is 0.273 e. The van der Waals surface area contributed by atoms with Crippen molar-refractivity contribution in [3.8, 4) is 10.6 Å². The second-order valence-electron chi connectivity index (χ2n) is 6.44. The predicted octanol–water partition coefficient (Wildman–Crippen LogP) is 3.11. The van der Waals surface area contributed by atoms with Gasteiger partial charge in [0.2, 0.25) is 0 Å². The Morgan fingerprint density at radius 2 is 2.12 bits per heavy atom. The Morgan fingerprint density at radius 1 is 1.31 bits per heavy atom. The summed E-state index contributed by atoms with van der Waals surface area (Å²) in [5, 5.41) is 16.7. The number of non-ortho nitro benzene ring substituents is 1. The van der Waals surface area contributed by atoms with Crippen molar-refractivity contribution in [2.45, 2.75) is 31.3 Å². The van der Waals surface area contributed by atoms with E-state index in [4.69, 9.17) is 0 Å². The van der Waals surface area contributed by atoms with Gasteiger partial charge in [-0.05, 0) is 25.8 Å². The van der Waals surface area contributed by atoms with Crippen LogP contribution in [0.4, 0.5) is 5.69 Å². The average Bonchev–Trinajstić information content (AvgIpc) is 3.18. The van der Waals surface area contributed by atoms with Gasteiger partial charge in [-0.25, -0.2) is 4.98 Å². The van der Waals surface area contributed by atoms with Gasteiger partial charge in [0, 0.05) is 41.7 Å². The number of carbonyl (C=O) groups is 1. The first-order valence-electron chi connectivity index (χ1n) is 8.37. The van der Waals surface area contributed by atoms with Crippen LogP contribution in [0.3, 0.4) is 0 Å². The van der Waals surface area contributed by atoms with Crippen LogP contribution in [0.1, 0.15) is 29.8 Å². The number of nitro groups is 1. The molecule has 2 atom stereocenters. The van der Waals surface area contributed by atoms with E-state index < -0.39 is 4.92 Å². The lowest BCUT2D eigenvalue weighted by atomic mass is 10.1. The molecule has 0 spiro atoms. The number of benzene rings is 1. The number of hydrogen-bond donors (Lipinski definition) is 1. The zero-order valence-electron chi connectivity index (χ0n) is 14.0. The molecule has 1 aromatic heterocycles. The minimum absolute atomic E-state index is 0. The van der Waals surface area contributed by atoms with Crippen molar-refractivity contribution in [1.82, 2.24) is 15.2 Å². The number of amides is 1. The van der Waals surface area contributed by atoms with Gasteiger partial charge in [-0.15, -0.1) is 23.7 Å². The summed E-state index contributed by atoms with van der Waals surface area (Å²) >= 11 is 1.35. The molecule has 2 fully saturated rings. The van der Waals surface area contributed by atoms with Crippen molar-refractivity contribution in [2.24, 2.45) is 0 Å². The number of halogens is 1. The van der Waals surface area contributed by atoms with Gasteiger partial charge in [0.1, 0.15) is 10.7 Å². The van der Waals surface area contributed by atoms with Gasteiger partial charge in [-0.3, -0.25) is 14.9 Å². The van der Waals surface area contributed by atoms with Crippen LogP contribution in [0.25, 0.3) is 10.6 Å². The fourth-order valence-corrected chi connectivity index (χ4v) is 4.49. The minimum atomic E-state index is -0.426. The predicted molar refractivity (Wildman–Crippen MR) is 102 cm³/mol. The number of nitrogens with zero attached hydrogens (tertiary/aromatic N) is 3. The zero-order valence-corrected chi connectivity index (χ0v) is 15.6. The third kappa shape index (κ3) is 3.44.